The first-order valence-corrected chi connectivity index (χ1v) is 8.90. The lowest BCUT2D eigenvalue weighted by Gasteiger charge is -2.38. The molecule has 0 amide bonds. The predicted octanol–water partition coefficient (Wildman–Crippen LogP) is 4.52. The number of ether oxygens (including phenoxy) is 1. The number of carbonyl (C=O) groups is 1. The quantitative estimate of drug-likeness (QED) is 0.375. The molecule has 0 bridgehead atoms. The Kier molecular flexibility index (Phi) is 4.18. The molecule has 138 valence electrons. The molecule has 1 N–H and O–H groups in total. The SMILES string of the molecule is COC(=O)c1ccc2c(c1C)N[C@@H](c1ccc([N+](=O)[O-])cc1)[C@@H]1CC=C[C@H]21. The van der Waals surface area contributed by atoms with Crippen molar-refractivity contribution in [3.63, 3.8) is 0 Å². The van der Waals surface area contributed by atoms with E-state index in [2.05, 4.69) is 17.5 Å². The van der Waals surface area contributed by atoms with Gasteiger partial charge in [-0.2, -0.15) is 0 Å². The molecule has 1 aliphatic carbocycles. The van der Waals surface area contributed by atoms with Gasteiger partial charge in [0.15, 0.2) is 0 Å². The second kappa shape index (κ2) is 6.54. The first-order valence-electron chi connectivity index (χ1n) is 8.90. The maximum Gasteiger partial charge on any atom is 0.338 e. The number of non-ortho nitro benzene ring substituents is 1. The zero-order valence-electron chi connectivity index (χ0n) is 15.1. The Labute approximate surface area is 157 Å². The molecule has 6 nitrogen and oxygen atoms in total. The molecular weight excluding hydrogens is 344 g/mol. The maximum absolute atomic E-state index is 12.1. The molecule has 27 heavy (non-hydrogen) atoms. The summed E-state index contributed by atoms with van der Waals surface area (Å²) in [6.07, 6.45) is 5.35. The minimum absolute atomic E-state index is 0.0184. The Morgan fingerprint density at radius 3 is 2.63 bits per heavy atom. The summed E-state index contributed by atoms with van der Waals surface area (Å²) in [5, 5.41) is 14.5. The van der Waals surface area contributed by atoms with Gasteiger partial charge in [-0.15, -0.1) is 0 Å². The Morgan fingerprint density at radius 2 is 1.96 bits per heavy atom. The number of fused-ring (bicyclic) bond motifs is 3. The van der Waals surface area contributed by atoms with Crippen LogP contribution in [0.1, 0.15) is 45.4 Å². The van der Waals surface area contributed by atoms with Crippen LogP contribution in [-0.2, 0) is 4.74 Å². The van der Waals surface area contributed by atoms with Crippen molar-refractivity contribution in [2.24, 2.45) is 5.92 Å². The minimum atomic E-state index is -0.389. The maximum atomic E-state index is 12.1. The van der Waals surface area contributed by atoms with Crippen LogP contribution < -0.4 is 5.32 Å². The third kappa shape index (κ3) is 2.77. The van der Waals surface area contributed by atoms with E-state index < -0.39 is 0 Å². The van der Waals surface area contributed by atoms with Gasteiger partial charge in [-0.05, 0) is 42.0 Å². The summed E-state index contributed by atoms with van der Waals surface area (Å²) in [5.41, 5.74) is 4.63. The van der Waals surface area contributed by atoms with Crippen molar-refractivity contribution >= 4 is 17.3 Å². The Bertz CT molecular complexity index is 949. The fraction of sp³-hybridized carbons (Fsp3) is 0.286. The second-order valence-corrected chi connectivity index (χ2v) is 7.02. The average molecular weight is 364 g/mol. The van der Waals surface area contributed by atoms with E-state index in [1.54, 1.807) is 12.1 Å². The molecule has 0 saturated heterocycles. The number of nitro benzene ring substituents is 1. The molecule has 4 rings (SSSR count). The molecular formula is C21H20N2O4. The number of carbonyl (C=O) groups excluding carboxylic acids is 1. The molecule has 2 aromatic rings. The van der Waals surface area contributed by atoms with Crippen molar-refractivity contribution in [3.8, 4) is 0 Å². The van der Waals surface area contributed by atoms with Gasteiger partial charge in [-0.25, -0.2) is 4.79 Å². The van der Waals surface area contributed by atoms with Crippen LogP contribution in [0.5, 0.6) is 0 Å². The van der Waals surface area contributed by atoms with E-state index in [0.29, 0.717) is 11.5 Å². The van der Waals surface area contributed by atoms with Crippen molar-refractivity contribution in [2.75, 3.05) is 12.4 Å². The summed E-state index contributed by atoms with van der Waals surface area (Å²) < 4.78 is 4.90. The van der Waals surface area contributed by atoms with E-state index in [1.807, 2.05) is 31.2 Å². The molecule has 3 atom stereocenters. The fourth-order valence-electron chi connectivity index (χ4n) is 4.28. The van der Waals surface area contributed by atoms with E-state index in [9.17, 15) is 14.9 Å². The third-order valence-corrected chi connectivity index (χ3v) is 5.67. The standard InChI is InChI=1S/C21H20N2O4/c1-12-15(21(24)27-2)10-11-18-16-4-3-5-17(16)20(22-19(12)18)13-6-8-14(9-7-13)23(25)26/h3-4,6-11,16-17,20,22H,5H2,1-2H3/t16-,17+,20-/m0/s1. The number of hydrogen-bond donors (Lipinski definition) is 1. The number of anilines is 1. The number of hydrogen-bond acceptors (Lipinski definition) is 5. The lowest BCUT2D eigenvalue weighted by Crippen LogP contribution is -2.30. The van der Waals surface area contributed by atoms with E-state index in [-0.39, 0.29) is 28.5 Å². The summed E-state index contributed by atoms with van der Waals surface area (Å²) in [4.78, 5) is 22.6. The molecule has 1 aliphatic heterocycles. The number of esters is 1. The number of nitrogens with zero attached hydrogens (tertiary/aromatic N) is 1. The van der Waals surface area contributed by atoms with Gasteiger partial charge >= 0.3 is 5.97 Å². The molecule has 2 aromatic carbocycles. The van der Waals surface area contributed by atoms with Gasteiger partial charge in [-0.1, -0.05) is 30.4 Å². The number of allylic oxidation sites excluding steroid dienone is 2. The summed E-state index contributed by atoms with van der Waals surface area (Å²) in [7, 11) is 1.38. The van der Waals surface area contributed by atoms with E-state index >= 15 is 0 Å². The smallest absolute Gasteiger partial charge is 0.338 e. The van der Waals surface area contributed by atoms with Gasteiger partial charge in [0.1, 0.15) is 0 Å². The van der Waals surface area contributed by atoms with Crippen LogP contribution in [-0.4, -0.2) is 18.0 Å². The number of benzene rings is 2. The molecule has 0 radical (unpaired) electrons. The van der Waals surface area contributed by atoms with Gasteiger partial charge < -0.3 is 10.1 Å². The highest BCUT2D eigenvalue weighted by molar-refractivity contribution is 5.93. The molecule has 1 heterocycles. The lowest BCUT2D eigenvalue weighted by molar-refractivity contribution is -0.384. The largest absolute Gasteiger partial charge is 0.465 e. The second-order valence-electron chi connectivity index (χ2n) is 7.02. The first kappa shape index (κ1) is 17.3. The van der Waals surface area contributed by atoms with E-state index in [0.717, 1.165) is 23.2 Å². The monoisotopic (exact) mass is 364 g/mol. The minimum Gasteiger partial charge on any atom is -0.465 e. The highest BCUT2D eigenvalue weighted by Crippen LogP contribution is 2.51. The van der Waals surface area contributed by atoms with Crippen molar-refractivity contribution in [2.45, 2.75) is 25.3 Å². The topological polar surface area (TPSA) is 81.5 Å². The van der Waals surface area contributed by atoms with Gasteiger partial charge in [-0.3, -0.25) is 10.1 Å². The summed E-state index contributed by atoms with van der Waals surface area (Å²) in [6.45, 7) is 1.92. The van der Waals surface area contributed by atoms with E-state index in [4.69, 9.17) is 4.74 Å². The molecule has 0 saturated carbocycles. The van der Waals surface area contributed by atoms with Crippen molar-refractivity contribution in [1.29, 1.82) is 0 Å². The van der Waals surface area contributed by atoms with Gasteiger partial charge in [0, 0.05) is 23.7 Å². The number of methoxy groups -OCH3 is 1. The molecule has 0 unspecified atom stereocenters. The first-order chi connectivity index (χ1) is 13.0. The van der Waals surface area contributed by atoms with Crippen molar-refractivity contribution < 1.29 is 14.5 Å². The third-order valence-electron chi connectivity index (χ3n) is 5.67. The number of nitrogens with one attached hydrogen (secondary N) is 1. The summed E-state index contributed by atoms with van der Waals surface area (Å²) in [6, 6.07) is 10.6. The van der Waals surface area contributed by atoms with Crippen molar-refractivity contribution in [3.05, 3.63) is 80.9 Å². The molecule has 2 aliphatic rings. The summed E-state index contributed by atoms with van der Waals surface area (Å²) in [5.74, 6) is 0.238. The number of nitro groups is 1. The Hall–Kier alpha value is -3.15. The molecule has 0 aromatic heterocycles. The van der Waals surface area contributed by atoms with Gasteiger partial charge in [0.05, 0.1) is 23.6 Å². The lowest BCUT2D eigenvalue weighted by atomic mass is 9.76. The van der Waals surface area contributed by atoms with Crippen LogP contribution in [0.3, 0.4) is 0 Å². The van der Waals surface area contributed by atoms with Gasteiger partial charge in [0.2, 0.25) is 0 Å². The van der Waals surface area contributed by atoms with Crippen LogP contribution in [0, 0.1) is 23.0 Å². The highest BCUT2D eigenvalue weighted by Gasteiger charge is 2.39. The number of rotatable bonds is 3. The highest BCUT2D eigenvalue weighted by atomic mass is 16.6. The Balaban J connectivity index is 1.77. The predicted molar refractivity (Wildman–Crippen MR) is 102 cm³/mol. The normalized spacial score (nSPS) is 22.5. The van der Waals surface area contributed by atoms with Crippen LogP contribution in [0.4, 0.5) is 11.4 Å². The molecule has 6 heteroatoms. The van der Waals surface area contributed by atoms with Crippen LogP contribution in [0.25, 0.3) is 0 Å². The zero-order valence-corrected chi connectivity index (χ0v) is 15.1. The van der Waals surface area contributed by atoms with Crippen LogP contribution >= 0.6 is 0 Å². The molecule has 0 spiro atoms. The van der Waals surface area contributed by atoms with Gasteiger partial charge in [0.25, 0.3) is 5.69 Å². The van der Waals surface area contributed by atoms with Crippen molar-refractivity contribution in [1.82, 2.24) is 0 Å². The molecule has 0 fully saturated rings. The average Bonchev–Trinajstić information content (AvgIpc) is 3.17. The van der Waals surface area contributed by atoms with E-state index in [1.165, 1.54) is 12.7 Å². The van der Waals surface area contributed by atoms with Crippen LogP contribution in [0.2, 0.25) is 0 Å². The summed E-state index contributed by atoms with van der Waals surface area (Å²) >= 11 is 0. The zero-order chi connectivity index (χ0) is 19.1. The fourth-order valence-corrected chi connectivity index (χ4v) is 4.28. The Morgan fingerprint density at radius 1 is 1.22 bits per heavy atom. The van der Waals surface area contributed by atoms with Crippen LogP contribution in [0.15, 0.2) is 48.6 Å².